The van der Waals surface area contributed by atoms with Gasteiger partial charge in [-0.3, -0.25) is 0 Å². The number of hydrogen-bond acceptors (Lipinski definition) is 2. The Kier molecular flexibility index (Phi) is 4.45. The third-order valence-electron chi connectivity index (χ3n) is 3.06. The first kappa shape index (κ1) is 14.3. The van der Waals surface area contributed by atoms with E-state index in [1.165, 1.54) is 0 Å². The van der Waals surface area contributed by atoms with Gasteiger partial charge in [0.15, 0.2) is 0 Å². The molecule has 0 aliphatic heterocycles. The molecule has 0 aliphatic carbocycles. The number of benzene rings is 1. The van der Waals surface area contributed by atoms with Crippen molar-refractivity contribution >= 4 is 11.6 Å². The molecule has 17 heavy (non-hydrogen) atoms. The SMILES string of the molecule is COc1c(Cl)cc(C(C)C)cc1C(C)(C)CO. The van der Waals surface area contributed by atoms with E-state index in [4.69, 9.17) is 16.3 Å². The number of aliphatic hydroxyl groups is 1. The molecule has 0 bridgehead atoms. The summed E-state index contributed by atoms with van der Waals surface area (Å²) in [5.41, 5.74) is 1.76. The van der Waals surface area contributed by atoms with Gasteiger partial charge < -0.3 is 9.84 Å². The first-order valence-electron chi connectivity index (χ1n) is 5.82. The van der Waals surface area contributed by atoms with Gasteiger partial charge in [0.2, 0.25) is 0 Å². The molecule has 0 saturated heterocycles. The average molecular weight is 257 g/mol. The monoisotopic (exact) mass is 256 g/mol. The molecular weight excluding hydrogens is 236 g/mol. The molecular formula is C14H21ClO2. The molecule has 0 aromatic heterocycles. The molecule has 0 radical (unpaired) electrons. The minimum absolute atomic E-state index is 0.0568. The Balaban J connectivity index is 3.44. The summed E-state index contributed by atoms with van der Waals surface area (Å²) in [6.07, 6.45) is 0. The molecule has 0 atom stereocenters. The predicted molar refractivity (Wildman–Crippen MR) is 72.2 cm³/mol. The fraction of sp³-hybridized carbons (Fsp3) is 0.571. The predicted octanol–water partition coefficient (Wildman–Crippen LogP) is 3.74. The first-order chi connectivity index (χ1) is 7.83. The molecule has 0 fully saturated rings. The Hall–Kier alpha value is -0.730. The van der Waals surface area contributed by atoms with Crippen molar-refractivity contribution < 1.29 is 9.84 Å². The minimum Gasteiger partial charge on any atom is -0.495 e. The third-order valence-corrected chi connectivity index (χ3v) is 3.34. The van der Waals surface area contributed by atoms with Crippen molar-refractivity contribution in [1.82, 2.24) is 0 Å². The van der Waals surface area contributed by atoms with E-state index in [9.17, 15) is 5.11 Å². The third kappa shape index (κ3) is 2.93. The van der Waals surface area contributed by atoms with Crippen LogP contribution in [0.3, 0.4) is 0 Å². The van der Waals surface area contributed by atoms with E-state index in [0.29, 0.717) is 16.7 Å². The zero-order valence-electron chi connectivity index (χ0n) is 11.2. The second-order valence-electron chi connectivity index (χ2n) is 5.28. The van der Waals surface area contributed by atoms with E-state index >= 15 is 0 Å². The molecule has 0 heterocycles. The fourth-order valence-corrected chi connectivity index (χ4v) is 2.05. The minimum atomic E-state index is -0.361. The number of halogens is 1. The summed E-state index contributed by atoms with van der Waals surface area (Å²) in [5.74, 6) is 1.06. The number of rotatable bonds is 4. The van der Waals surface area contributed by atoms with E-state index in [2.05, 4.69) is 19.9 Å². The van der Waals surface area contributed by atoms with Gasteiger partial charge in [0, 0.05) is 11.0 Å². The number of aliphatic hydroxyl groups excluding tert-OH is 1. The largest absolute Gasteiger partial charge is 0.495 e. The fourth-order valence-electron chi connectivity index (χ4n) is 1.74. The molecule has 0 unspecified atom stereocenters. The molecule has 96 valence electrons. The summed E-state index contributed by atoms with van der Waals surface area (Å²) in [5, 5.41) is 10.1. The van der Waals surface area contributed by atoms with E-state index in [1.807, 2.05) is 19.9 Å². The van der Waals surface area contributed by atoms with Crippen LogP contribution in [0.5, 0.6) is 5.75 Å². The van der Waals surface area contributed by atoms with Crippen molar-refractivity contribution in [2.75, 3.05) is 13.7 Å². The van der Waals surface area contributed by atoms with Crippen LogP contribution in [0.15, 0.2) is 12.1 Å². The summed E-state index contributed by atoms with van der Waals surface area (Å²) < 4.78 is 5.36. The second-order valence-corrected chi connectivity index (χ2v) is 5.69. The van der Waals surface area contributed by atoms with E-state index in [-0.39, 0.29) is 12.0 Å². The van der Waals surface area contributed by atoms with Crippen LogP contribution in [0.2, 0.25) is 5.02 Å². The lowest BCUT2D eigenvalue weighted by atomic mass is 9.83. The van der Waals surface area contributed by atoms with Crippen molar-refractivity contribution in [3.05, 3.63) is 28.3 Å². The van der Waals surface area contributed by atoms with Crippen molar-refractivity contribution in [2.24, 2.45) is 0 Å². The zero-order valence-corrected chi connectivity index (χ0v) is 11.9. The normalized spacial score (nSPS) is 12.0. The molecule has 0 amide bonds. The maximum atomic E-state index is 9.49. The molecule has 0 spiro atoms. The smallest absolute Gasteiger partial charge is 0.141 e. The number of ether oxygens (including phenoxy) is 1. The highest BCUT2D eigenvalue weighted by Gasteiger charge is 2.26. The van der Waals surface area contributed by atoms with Crippen molar-refractivity contribution in [3.8, 4) is 5.75 Å². The second kappa shape index (κ2) is 5.28. The quantitative estimate of drug-likeness (QED) is 0.889. The molecule has 1 N–H and O–H groups in total. The van der Waals surface area contributed by atoms with Crippen LogP contribution in [0, 0.1) is 0 Å². The first-order valence-corrected chi connectivity index (χ1v) is 6.20. The Morgan fingerprint density at radius 3 is 2.35 bits per heavy atom. The summed E-state index contributed by atoms with van der Waals surface area (Å²) in [6.45, 7) is 8.25. The maximum absolute atomic E-state index is 9.49. The van der Waals surface area contributed by atoms with Gasteiger partial charge >= 0.3 is 0 Å². The van der Waals surface area contributed by atoms with Crippen LogP contribution in [-0.2, 0) is 5.41 Å². The van der Waals surface area contributed by atoms with Gasteiger partial charge in [-0.25, -0.2) is 0 Å². The number of hydrogen-bond donors (Lipinski definition) is 1. The van der Waals surface area contributed by atoms with E-state index in [0.717, 1.165) is 11.1 Å². The lowest BCUT2D eigenvalue weighted by molar-refractivity contribution is 0.214. The highest BCUT2D eigenvalue weighted by molar-refractivity contribution is 6.32. The van der Waals surface area contributed by atoms with Crippen LogP contribution in [-0.4, -0.2) is 18.8 Å². The standard InChI is InChI=1S/C14H21ClO2/c1-9(2)10-6-11(14(3,4)8-16)13(17-5)12(15)7-10/h6-7,9,16H,8H2,1-5H3. The van der Waals surface area contributed by atoms with Crippen LogP contribution >= 0.6 is 11.6 Å². The van der Waals surface area contributed by atoms with Crippen LogP contribution in [0.25, 0.3) is 0 Å². The summed E-state index contributed by atoms with van der Waals surface area (Å²) in [7, 11) is 1.60. The van der Waals surface area contributed by atoms with Crippen molar-refractivity contribution in [1.29, 1.82) is 0 Å². The molecule has 2 nitrogen and oxygen atoms in total. The van der Waals surface area contributed by atoms with Crippen LogP contribution < -0.4 is 4.74 Å². The topological polar surface area (TPSA) is 29.5 Å². The summed E-state index contributed by atoms with van der Waals surface area (Å²) in [4.78, 5) is 0. The highest BCUT2D eigenvalue weighted by Crippen LogP contribution is 2.39. The maximum Gasteiger partial charge on any atom is 0.141 e. The lowest BCUT2D eigenvalue weighted by Crippen LogP contribution is -2.23. The highest BCUT2D eigenvalue weighted by atomic mass is 35.5. The molecule has 1 aromatic rings. The Labute approximate surface area is 109 Å². The van der Waals surface area contributed by atoms with E-state index < -0.39 is 0 Å². The van der Waals surface area contributed by atoms with Crippen LogP contribution in [0.4, 0.5) is 0 Å². The molecule has 1 rings (SSSR count). The Morgan fingerprint density at radius 1 is 1.35 bits per heavy atom. The van der Waals surface area contributed by atoms with Crippen molar-refractivity contribution in [2.45, 2.75) is 39.0 Å². The molecule has 0 saturated carbocycles. The van der Waals surface area contributed by atoms with Gasteiger partial charge in [-0.15, -0.1) is 0 Å². The van der Waals surface area contributed by atoms with Gasteiger partial charge in [0.1, 0.15) is 5.75 Å². The van der Waals surface area contributed by atoms with Gasteiger partial charge in [-0.05, 0) is 17.5 Å². The molecule has 1 aromatic carbocycles. The lowest BCUT2D eigenvalue weighted by Gasteiger charge is -2.26. The summed E-state index contributed by atoms with van der Waals surface area (Å²) in [6, 6.07) is 4.01. The Morgan fingerprint density at radius 2 is 1.94 bits per heavy atom. The van der Waals surface area contributed by atoms with Gasteiger partial charge in [0.25, 0.3) is 0 Å². The van der Waals surface area contributed by atoms with Gasteiger partial charge in [-0.2, -0.15) is 0 Å². The summed E-state index contributed by atoms with van der Waals surface area (Å²) >= 11 is 6.24. The van der Waals surface area contributed by atoms with Gasteiger partial charge in [0.05, 0.1) is 18.7 Å². The van der Waals surface area contributed by atoms with Crippen LogP contribution in [0.1, 0.15) is 44.7 Å². The van der Waals surface area contributed by atoms with Gasteiger partial charge in [-0.1, -0.05) is 45.4 Å². The average Bonchev–Trinajstić information content (AvgIpc) is 2.27. The Bertz CT molecular complexity index is 397. The number of methoxy groups -OCH3 is 1. The molecule has 3 heteroatoms. The van der Waals surface area contributed by atoms with Crippen molar-refractivity contribution in [3.63, 3.8) is 0 Å². The zero-order chi connectivity index (χ0) is 13.2. The molecule has 0 aliphatic rings. The van der Waals surface area contributed by atoms with E-state index in [1.54, 1.807) is 7.11 Å².